The predicted octanol–water partition coefficient (Wildman–Crippen LogP) is 1.74. The summed E-state index contributed by atoms with van der Waals surface area (Å²) >= 11 is 0. The van der Waals surface area contributed by atoms with E-state index in [-0.39, 0.29) is 28.9 Å². The van der Waals surface area contributed by atoms with Crippen LogP contribution in [0.25, 0.3) is 0 Å². The van der Waals surface area contributed by atoms with E-state index >= 15 is 0 Å². The van der Waals surface area contributed by atoms with E-state index in [4.69, 9.17) is 0 Å². The average molecular weight is 276 g/mol. The number of benzene rings is 1. The first-order valence-corrected chi connectivity index (χ1v) is 6.66. The van der Waals surface area contributed by atoms with Crippen LogP contribution in [-0.4, -0.2) is 23.5 Å². The molecule has 1 aromatic carbocycles. The SMILES string of the molecule is CC(C)(C)[C@@H]1CNC(=O)[C@H]1C(=O)Nc1cccc(O)c1. The van der Waals surface area contributed by atoms with Crippen molar-refractivity contribution in [3.05, 3.63) is 24.3 Å². The third-order valence-electron chi connectivity index (χ3n) is 3.69. The maximum Gasteiger partial charge on any atom is 0.237 e. The van der Waals surface area contributed by atoms with Crippen LogP contribution in [0.1, 0.15) is 20.8 Å². The molecule has 0 radical (unpaired) electrons. The molecular weight excluding hydrogens is 256 g/mol. The zero-order valence-electron chi connectivity index (χ0n) is 11.9. The maximum absolute atomic E-state index is 12.3. The number of rotatable bonds is 2. The molecular formula is C15H20N2O3. The minimum Gasteiger partial charge on any atom is -0.508 e. The molecule has 1 fully saturated rings. The summed E-state index contributed by atoms with van der Waals surface area (Å²) in [7, 11) is 0. The fourth-order valence-corrected chi connectivity index (χ4v) is 2.53. The molecule has 0 saturated carbocycles. The number of carbonyl (C=O) groups excluding carboxylic acids is 2. The molecule has 1 aromatic rings. The normalized spacial score (nSPS) is 22.4. The Morgan fingerprint density at radius 3 is 2.70 bits per heavy atom. The number of nitrogens with one attached hydrogen (secondary N) is 2. The van der Waals surface area contributed by atoms with Crippen LogP contribution >= 0.6 is 0 Å². The second-order valence-electron chi connectivity index (χ2n) is 6.23. The predicted molar refractivity (Wildman–Crippen MR) is 76.2 cm³/mol. The number of hydrogen-bond donors (Lipinski definition) is 3. The topological polar surface area (TPSA) is 78.4 Å². The van der Waals surface area contributed by atoms with E-state index in [9.17, 15) is 14.7 Å². The van der Waals surface area contributed by atoms with Crippen LogP contribution in [0.4, 0.5) is 5.69 Å². The summed E-state index contributed by atoms with van der Waals surface area (Å²) in [5, 5.41) is 14.8. The monoisotopic (exact) mass is 276 g/mol. The molecule has 5 nitrogen and oxygen atoms in total. The maximum atomic E-state index is 12.3. The Kier molecular flexibility index (Phi) is 3.70. The van der Waals surface area contributed by atoms with Gasteiger partial charge in [-0.2, -0.15) is 0 Å². The van der Waals surface area contributed by atoms with Gasteiger partial charge in [0.25, 0.3) is 0 Å². The van der Waals surface area contributed by atoms with Crippen molar-refractivity contribution in [2.75, 3.05) is 11.9 Å². The van der Waals surface area contributed by atoms with Crippen molar-refractivity contribution < 1.29 is 14.7 Å². The molecule has 0 spiro atoms. The lowest BCUT2D eigenvalue weighted by Gasteiger charge is -2.29. The molecule has 1 heterocycles. The van der Waals surface area contributed by atoms with Crippen LogP contribution in [0.3, 0.4) is 0 Å². The van der Waals surface area contributed by atoms with Crippen molar-refractivity contribution in [2.45, 2.75) is 20.8 Å². The van der Waals surface area contributed by atoms with Gasteiger partial charge >= 0.3 is 0 Å². The number of carbonyl (C=O) groups is 2. The van der Waals surface area contributed by atoms with Crippen LogP contribution in [0.15, 0.2) is 24.3 Å². The number of anilines is 1. The van der Waals surface area contributed by atoms with Crippen LogP contribution < -0.4 is 10.6 Å². The summed E-state index contributed by atoms with van der Waals surface area (Å²) in [5.74, 6) is -1.23. The highest BCUT2D eigenvalue weighted by Crippen LogP contribution is 2.35. The summed E-state index contributed by atoms with van der Waals surface area (Å²) in [4.78, 5) is 24.2. The van der Waals surface area contributed by atoms with Gasteiger partial charge in [-0.3, -0.25) is 9.59 Å². The Morgan fingerprint density at radius 2 is 2.10 bits per heavy atom. The standard InChI is InChI=1S/C15H20N2O3/c1-15(2,3)11-8-16-13(19)12(11)14(20)17-9-5-4-6-10(18)7-9/h4-7,11-12,18H,8H2,1-3H3,(H,16,19)(H,17,20)/t11-,12+/m1/s1. The van der Waals surface area contributed by atoms with Crippen molar-refractivity contribution in [2.24, 2.45) is 17.3 Å². The van der Waals surface area contributed by atoms with Gasteiger partial charge in [-0.25, -0.2) is 0 Å². The fraction of sp³-hybridized carbons (Fsp3) is 0.467. The zero-order valence-corrected chi connectivity index (χ0v) is 11.9. The lowest BCUT2D eigenvalue weighted by atomic mass is 9.74. The van der Waals surface area contributed by atoms with E-state index in [1.807, 2.05) is 20.8 Å². The highest BCUT2D eigenvalue weighted by Gasteiger charge is 2.45. The minimum atomic E-state index is -0.697. The quantitative estimate of drug-likeness (QED) is 0.720. The second kappa shape index (κ2) is 5.15. The lowest BCUT2D eigenvalue weighted by molar-refractivity contribution is -0.132. The minimum absolute atomic E-state index is 0.0488. The molecule has 0 bridgehead atoms. The molecule has 1 aliphatic heterocycles. The highest BCUT2D eigenvalue weighted by molar-refractivity contribution is 6.08. The smallest absolute Gasteiger partial charge is 0.237 e. The molecule has 2 amide bonds. The number of hydrogen-bond acceptors (Lipinski definition) is 3. The molecule has 5 heteroatoms. The van der Waals surface area contributed by atoms with Gasteiger partial charge in [-0.15, -0.1) is 0 Å². The summed E-state index contributed by atoms with van der Waals surface area (Å²) in [5.41, 5.74) is 0.349. The molecule has 0 unspecified atom stereocenters. The van der Waals surface area contributed by atoms with Crippen molar-refractivity contribution in [1.82, 2.24) is 5.32 Å². The van der Waals surface area contributed by atoms with Gasteiger partial charge in [0.1, 0.15) is 11.7 Å². The zero-order chi connectivity index (χ0) is 14.9. The first kappa shape index (κ1) is 14.4. The van der Waals surface area contributed by atoms with Crippen molar-refractivity contribution in [3.63, 3.8) is 0 Å². The molecule has 2 rings (SSSR count). The average Bonchev–Trinajstić information content (AvgIpc) is 2.71. The molecule has 0 aliphatic carbocycles. The van der Waals surface area contributed by atoms with Gasteiger partial charge in [0.2, 0.25) is 11.8 Å². The summed E-state index contributed by atoms with van der Waals surface area (Å²) in [6, 6.07) is 6.30. The Hall–Kier alpha value is -2.04. The number of aromatic hydroxyl groups is 1. The second-order valence-corrected chi connectivity index (χ2v) is 6.23. The summed E-state index contributed by atoms with van der Waals surface area (Å²) in [6.07, 6.45) is 0. The number of phenolic OH excluding ortho intramolecular Hbond substituents is 1. The highest BCUT2D eigenvalue weighted by atomic mass is 16.3. The van der Waals surface area contributed by atoms with Gasteiger partial charge in [-0.05, 0) is 17.5 Å². The van der Waals surface area contributed by atoms with Gasteiger partial charge in [0, 0.05) is 24.2 Å². The first-order valence-electron chi connectivity index (χ1n) is 6.66. The number of amides is 2. The van der Waals surface area contributed by atoms with Gasteiger partial charge in [0.15, 0.2) is 0 Å². The van der Waals surface area contributed by atoms with Crippen LogP contribution in [0.5, 0.6) is 5.75 Å². The van der Waals surface area contributed by atoms with Crippen LogP contribution in [0, 0.1) is 17.3 Å². The summed E-state index contributed by atoms with van der Waals surface area (Å²) in [6.45, 7) is 6.58. The van der Waals surface area contributed by atoms with Crippen LogP contribution in [0.2, 0.25) is 0 Å². The Bertz CT molecular complexity index is 534. The number of phenols is 1. The van der Waals surface area contributed by atoms with Gasteiger partial charge < -0.3 is 15.7 Å². The fourth-order valence-electron chi connectivity index (χ4n) is 2.53. The summed E-state index contributed by atoms with van der Waals surface area (Å²) < 4.78 is 0. The van der Waals surface area contributed by atoms with E-state index in [1.54, 1.807) is 12.1 Å². The van der Waals surface area contributed by atoms with Crippen molar-refractivity contribution >= 4 is 17.5 Å². The molecule has 1 aliphatic rings. The van der Waals surface area contributed by atoms with E-state index < -0.39 is 5.92 Å². The van der Waals surface area contributed by atoms with E-state index in [1.165, 1.54) is 12.1 Å². The van der Waals surface area contributed by atoms with E-state index in [0.717, 1.165) is 0 Å². The molecule has 3 N–H and O–H groups in total. The Morgan fingerprint density at radius 1 is 1.40 bits per heavy atom. The molecule has 0 aromatic heterocycles. The Balaban J connectivity index is 2.17. The van der Waals surface area contributed by atoms with Gasteiger partial charge in [-0.1, -0.05) is 26.8 Å². The van der Waals surface area contributed by atoms with Crippen LogP contribution in [-0.2, 0) is 9.59 Å². The third-order valence-corrected chi connectivity index (χ3v) is 3.69. The van der Waals surface area contributed by atoms with Gasteiger partial charge in [0.05, 0.1) is 0 Å². The Labute approximate surface area is 118 Å². The largest absolute Gasteiger partial charge is 0.508 e. The van der Waals surface area contributed by atoms with E-state index in [0.29, 0.717) is 12.2 Å². The molecule has 108 valence electrons. The molecule has 1 saturated heterocycles. The van der Waals surface area contributed by atoms with Crippen molar-refractivity contribution in [1.29, 1.82) is 0 Å². The van der Waals surface area contributed by atoms with E-state index in [2.05, 4.69) is 10.6 Å². The lowest BCUT2D eigenvalue weighted by Crippen LogP contribution is -2.37. The first-order chi connectivity index (χ1) is 9.29. The molecule has 20 heavy (non-hydrogen) atoms. The third kappa shape index (κ3) is 2.92. The molecule has 2 atom stereocenters. The van der Waals surface area contributed by atoms with Crippen molar-refractivity contribution in [3.8, 4) is 5.75 Å².